The number of halogens is 1. The summed E-state index contributed by atoms with van der Waals surface area (Å²) in [6, 6.07) is 16.7. The molecule has 0 aliphatic carbocycles. The summed E-state index contributed by atoms with van der Waals surface area (Å²) in [6.45, 7) is 0.730. The Morgan fingerprint density at radius 3 is 2.79 bits per heavy atom. The van der Waals surface area contributed by atoms with Crippen LogP contribution in [0.3, 0.4) is 0 Å². The van der Waals surface area contributed by atoms with Crippen molar-refractivity contribution in [2.75, 3.05) is 18.7 Å². The summed E-state index contributed by atoms with van der Waals surface area (Å²) in [7, 11) is 0. The summed E-state index contributed by atoms with van der Waals surface area (Å²) in [5.74, 6) is 1.19. The Morgan fingerprint density at radius 1 is 1.04 bits per heavy atom. The van der Waals surface area contributed by atoms with Crippen LogP contribution in [-0.4, -0.2) is 24.2 Å². The van der Waals surface area contributed by atoms with E-state index in [-0.39, 0.29) is 12.7 Å². The van der Waals surface area contributed by atoms with E-state index in [4.69, 9.17) is 21.1 Å². The number of hydrogen-bond acceptors (Lipinski definition) is 5. The van der Waals surface area contributed by atoms with Gasteiger partial charge >= 0.3 is 0 Å². The molecule has 1 aromatic heterocycles. The average Bonchev–Trinajstić information content (AvgIpc) is 3.16. The molecule has 0 radical (unpaired) electrons. The lowest BCUT2D eigenvalue weighted by Gasteiger charge is -2.09. The second kappa shape index (κ2) is 8.19. The highest BCUT2D eigenvalue weighted by Gasteiger charge is 2.13. The van der Waals surface area contributed by atoms with Crippen LogP contribution in [0.1, 0.15) is 16.1 Å². The minimum atomic E-state index is -0.226. The molecule has 0 saturated carbocycles. The first-order valence-electron chi connectivity index (χ1n) is 8.83. The monoisotopic (exact) mass is 395 g/mol. The lowest BCUT2D eigenvalue weighted by Crippen LogP contribution is -2.26. The van der Waals surface area contributed by atoms with E-state index in [1.807, 2.05) is 42.5 Å². The van der Waals surface area contributed by atoms with Crippen LogP contribution in [0.15, 0.2) is 60.8 Å². The zero-order valence-corrected chi connectivity index (χ0v) is 15.7. The van der Waals surface area contributed by atoms with E-state index in [0.29, 0.717) is 29.4 Å². The van der Waals surface area contributed by atoms with Crippen molar-refractivity contribution in [3.8, 4) is 11.5 Å². The fourth-order valence-corrected chi connectivity index (χ4v) is 3.09. The number of nitrogens with zero attached hydrogens (tertiary/aromatic N) is 1. The first-order chi connectivity index (χ1) is 13.7. The van der Waals surface area contributed by atoms with E-state index in [1.54, 1.807) is 18.3 Å². The summed E-state index contributed by atoms with van der Waals surface area (Å²) >= 11 is 5.98. The predicted molar refractivity (Wildman–Crippen MR) is 108 cm³/mol. The topological polar surface area (TPSA) is 72.5 Å². The highest BCUT2D eigenvalue weighted by atomic mass is 35.5. The summed E-state index contributed by atoms with van der Waals surface area (Å²) in [5.41, 5.74) is 3.01. The van der Waals surface area contributed by atoms with Crippen molar-refractivity contribution in [2.45, 2.75) is 6.42 Å². The Balaban J connectivity index is 1.37. The fraction of sp³-hybridized carbons (Fsp3) is 0.143. The van der Waals surface area contributed by atoms with Crippen molar-refractivity contribution in [1.29, 1.82) is 0 Å². The van der Waals surface area contributed by atoms with E-state index >= 15 is 0 Å². The fourth-order valence-electron chi connectivity index (χ4n) is 2.88. The van der Waals surface area contributed by atoms with Crippen LogP contribution >= 0.6 is 11.6 Å². The molecule has 1 amide bonds. The second-order valence-electron chi connectivity index (χ2n) is 6.26. The van der Waals surface area contributed by atoms with Gasteiger partial charge in [-0.15, -0.1) is 0 Å². The number of benzene rings is 2. The van der Waals surface area contributed by atoms with Crippen LogP contribution in [0.25, 0.3) is 0 Å². The third-order valence-corrected chi connectivity index (χ3v) is 4.48. The first kappa shape index (κ1) is 18.1. The maximum absolute atomic E-state index is 12.4. The second-order valence-corrected chi connectivity index (χ2v) is 6.70. The summed E-state index contributed by atoms with van der Waals surface area (Å²) < 4.78 is 10.7. The maximum atomic E-state index is 12.4. The van der Waals surface area contributed by atoms with Gasteiger partial charge in [0.1, 0.15) is 5.69 Å². The van der Waals surface area contributed by atoms with Crippen molar-refractivity contribution in [3.63, 3.8) is 0 Å². The van der Waals surface area contributed by atoms with Gasteiger partial charge in [-0.25, -0.2) is 0 Å². The quantitative estimate of drug-likeness (QED) is 0.655. The van der Waals surface area contributed by atoms with Crippen LogP contribution in [-0.2, 0) is 6.42 Å². The van der Waals surface area contributed by atoms with Gasteiger partial charge in [0.2, 0.25) is 6.79 Å². The highest BCUT2D eigenvalue weighted by molar-refractivity contribution is 6.30. The molecule has 0 saturated heterocycles. The molecule has 0 fully saturated rings. The Bertz CT molecular complexity index is 1010. The van der Waals surface area contributed by atoms with Crippen molar-refractivity contribution < 1.29 is 14.3 Å². The number of amides is 1. The SMILES string of the molecule is O=C(NCCc1cccc(Cl)c1)c1cc(Nc2ccc3c(c2)OCO3)ccn1. The third kappa shape index (κ3) is 4.35. The molecule has 2 aromatic carbocycles. The molecule has 6 nitrogen and oxygen atoms in total. The number of anilines is 2. The van der Waals surface area contributed by atoms with Crippen LogP contribution in [0.2, 0.25) is 5.02 Å². The van der Waals surface area contributed by atoms with Crippen molar-refractivity contribution >= 4 is 28.9 Å². The maximum Gasteiger partial charge on any atom is 0.269 e. The molecule has 0 bridgehead atoms. The van der Waals surface area contributed by atoms with E-state index < -0.39 is 0 Å². The molecule has 142 valence electrons. The lowest BCUT2D eigenvalue weighted by atomic mass is 10.1. The lowest BCUT2D eigenvalue weighted by molar-refractivity contribution is 0.0949. The van der Waals surface area contributed by atoms with Crippen LogP contribution in [0, 0.1) is 0 Å². The smallest absolute Gasteiger partial charge is 0.269 e. The molecule has 28 heavy (non-hydrogen) atoms. The minimum absolute atomic E-state index is 0.226. The van der Waals surface area contributed by atoms with Gasteiger partial charge in [0.25, 0.3) is 5.91 Å². The minimum Gasteiger partial charge on any atom is -0.454 e. The highest BCUT2D eigenvalue weighted by Crippen LogP contribution is 2.35. The molecule has 0 atom stereocenters. The molecule has 1 aliphatic rings. The first-order valence-corrected chi connectivity index (χ1v) is 9.20. The molecule has 7 heteroatoms. The molecule has 2 N–H and O–H groups in total. The molecule has 3 aromatic rings. The number of ether oxygens (including phenoxy) is 2. The zero-order chi connectivity index (χ0) is 19.3. The molecule has 2 heterocycles. The largest absolute Gasteiger partial charge is 0.454 e. The molecule has 0 unspecified atom stereocenters. The van der Waals surface area contributed by atoms with Crippen molar-refractivity contribution in [2.24, 2.45) is 0 Å². The molecular weight excluding hydrogens is 378 g/mol. The van der Waals surface area contributed by atoms with E-state index in [9.17, 15) is 4.79 Å². The zero-order valence-electron chi connectivity index (χ0n) is 14.9. The Labute approximate surface area is 167 Å². The number of aromatic nitrogens is 1. The van der Waals surface area contributed by atoms with E-state index in [2.05, 4.69) is 15.6 Å². The molecule has 1 aliphatic heterocycles. The number of nitrogens with one attached hydrogen (secondary N) is 2. The standard InChI is InChI=1S/C21H18ClN3O3/c22-15-3-1-2-14(10-15)6-8-24-21(26)18-11-17(7-9-23-18)25-16-4-5-19-20(12-16)28-13-27-19/h1-5,7,9-12H,6,8,13H2,(H,23,25)(H,24,26). The normalized spacial score (nSPS) is 11.9. The van der Waals surface area contributed by atoms with Gasteiger partial charge in [-0.3, -0.25) is 9.78 Å². The Morgan fingerprint density at radius 2 is 1.89 bits per heavy atom. The predicted octanol–water partition coefficient (Wildman–Crippen LogP) is 4.18. The van der Waals surface area contributed by atoms with E-state index in [0.717, 1.165) is 22.7 Å². The number of pyridine rings is 1. The van der Waals surface area contributed by atoms with Crippen LogP contribution in [0.5, 0.6) is 11.5 Å². The Hall–Kier alpha value is -3.25. The van der Waals surface area contributed by atoms with Gasteiger partial charge in [0.15, 0.2) is 11.5 Å². The van der Waals surface area contributed by atoms with Crippen LogP contribution in [0.4, 0.5) is 11.4 Å². The van der Waals surface area contributed by atoms with Crippen molar-refractivity contribution in [3.05, 3.63) is 77.1 Å². The van der Waals surface area contributed by atoms with Gasteiger partial charge in [0, 0.05) is 35.2 Å². The third-order valence-electron chi connectivity index (χ3n) is 4.24. The number of hydrogen-bond donors (Lipinski definition) is 2. The molecular formula is C21H18ClN3O3. The number of carbonyl (C=O) groups excluding carboxylic acids is 1. The summed E-state index contributed by atoms with van der Waals surface area (Å²) in [6.07, 6.45) is 2.29. The molecule has 4 rings (SSSR count). The number of rotatable bonds is 6. The van der Waals surface area contributed by atoms with Crippen LogP contribution < -0.4 is 20.1 Å². The summed E-state index contributed by atoms with van der Waals surface area (Å²) in [4.78, 5) is 16.6. The van der Waals surface area contributed by atoms with Gasteiger partial charge in [0.05, 0.1) is 0 Å². The van der Waals surface area contributed by atoms with Gasteiger partial charge < -0.3 is 20.1 Å². The van der Waals surface area contributed by atoms with Gasteiger partial charge in [-0.05, 0) is 48.4 Å². The van der Waals surface area contributed by atoms with E-state index in [1.165, 1.54) is 0 Å². The molecule has 0 spiro atoms. The number of fused-ring (bicyclic) bond motifs is 1. The van der Waals surface area contributed by atoms with Gasteiger partial charge in [-0.1, -0.05) is 23.7 Å². The number of carbonyl (C=O) groups is 1. The van der Waals surface area contributed by atoms with Crippen molar-refractivity contribution in [1.82, 2.24) is 10.3 Å². The van der Waals surface area contributed by atoms with Gasteiger partial charge in [-0.2, -0.15) is 0 Å². The summed E-state index contributed by atoms with van der Waals surface area (Å²) in [5, 5.41) is 6.82. The average molecular weight is 396 g/mol. The Kier molecular flexibility index (Phi) is 5.30.